The van der Waals surface area contributed by atoms with Gasteiger partial charge in [0.25, 0.3) is 0 Å². The highest BCUT2D eigenvalue weighted by molar-refractivity contribution is 7.20. The molecule has 2 aromatic rings. The average molecular weight is 414 g/mol. The van der Waals surface area contributed by atoms with E-state index in [0.29, 0.717) is 29.5 Å². The fraction of sp³-hybridized carbons (Fsp3) is 0.500. The molecule has 0 spiro atoms. The molecule has 156 valence electrons. The monoisotopic (exact) mass is 413 g/mol. The highest BCUT2D eigenvalue weighted by Gasteiger charge is 2.30. The molecule has 29 heavy (non-hydrogen) atoms. The third kappa shape index (κ3) is 5.27. The van der Waals surface area contributed by atoms with Gasteiger partial charge >= 0.3 is 5.97 Å². The number of benzene rings is 1. The number of amides is 1. The molecule has 0 aliphatic heterocycles. The largest absolute Gasteiger partial charge is 0.462 e. The molecule has 1 amide bonds. The molecule has 0 bridgehead atoms. The molecule has 0 atom stereocenters. The second kappa shape index (κ2) is 10.1. The fourth-order valence-corrected chi connectivity index (χ4v) is 5.33. The quantitative estimate of drug-likeness (QED) is 0.500. The third-order valence-corrected chi connectivity index (χ3v) is 6.64. The number of carbonyl (C=O) groups excluding carboxylic acids is 2. The Morgan fingerprint density at radius 3 is 2.45 bits per heavy atom. The Balaban J connectivity index is 1.96. The fourth-order valence-electron chi connectivity index (χ4n) is 4.03. The van der Waals surface area contributed by atoms with Gasteiger partial charge in [0.2, 0.25) is 5.91 Å². The molecule has 4 nitrogen and oxygen atoms in total. The van der Waals surface area contributed by atoms with Crippen LogP contribution < -0.4 is 4.90 Å². The first-order chi connectivity index (χ1) is 14.0. The highest BCUT2D eigenvalue weighted by Crippen LogP contribution is 2.40. The molecular formula is C24H31NO3S. The van der Waals surface area contributed by atoms with Crippen LogP contribution in [0.15, 0.2) is 36.4 Å². The number of ether oxygens (including phenoxy) is 1. The summed E-state index contributed by atoms with van der Waals surface area (Å²) in [6.07, 6.45) is 6.51. The van der Waals surface area contributed by atoms with Crippen LogP contribution in [0.4, 0.5) is 5.00 Å². The van der Waals surface area contributed by atoms with Crippen molar-refractivity contribution in [2.45, 2.75) is 65.3 Å². The van der Waals surface area contributed by atoms with Crippen molar-refractivity contribution >= 4 is 28.2 Å². The van der Waals surface area contributed by atoms with Crippen molar-refractivity contribution in [2.24, 2.45) is 5.92 Å². The molecule has 0 saturated heterocycles. The van der Waals surface area contributed by atoms with E-state index in [1.54, 1.807) is 6.92 Å². The summed E-state index contributed by atoms with van der Waals surface area (Å²) >= 11 is 1.50. The predicted octanol–water partition coefficient (Wildman–Crippen LogP) is 6.30. The van der Waals surface area contributed by atoms with Crippen molar-refractivity contribution in [3.63, 3.8) is 0 Å². The zero-order valence-corrected chi connectivity index (χ0v) is 18.5. The molecule has 1 aromatic carbocycles. The van der Waals surface area contributed by atoms with Crippen molar-refractivity contribution in [3.05, 3.63) is 42.0 Å². The minimum atomic E-state index is -0.364. The van der Waals surface area contributed by atoms with Gasteiger partial charge < -0.3 is 9.64 Å². The number of esters is 1. The van der Waals surface area contributed by atoms with E-state index in [-0.39, 0.29) is 17.9 Å². The van der Waals surface area contributed by atoms with E-state index < -0.39 is 0 Å². The van der Waals surface area contributed by atoms with Crippen LogP contribution in [0.2, 0.25) is 0 Å². The lowest BCUT2D eigenvalue weighted by Gasteiger charge is -2.29. The Labute approximate surface area is 177 Å². The van der Waals surface area contributed by atoms with Gasteiger partial charge in [-0.05, 0) is 51.2 Å². The second-order valence-corrected chi connectivity index (χ2v) is 9.01. The van der Waals surface area contributed by atoms with Crippen LogP contribution >= 0.6 is 11.3 Å². The van der Waals surface area contributed by atoms with Gasteiger partial charge in [0.1, 0.15) is 5.00 Å². The summed E-state index contributed by atoms with van der Waals surface area (Å²) in [6, 6.07) is 11.8. The molecule has 1 saturated carbocycles. The zero-order chi connectivity index (χ0) is 20.8. The molecule has 1 aromatic heterocycles. The Bertz CT molecular complexity index is 822. The Morgan fingerprint density at radius 1 is 1.14 bits per heavy atom. The van der Waals surface area contributed by atoms with Gasteiger partial charge in [0.05, 0.1) is 12.2 Å². The Kier molecular flexibility index (Phi) is 7.48. The Hall–Kier alpha value is -2.14. The van der Waals surface area contributed by atoms with Gasteiger partial charge in [-0.2, -0.15) is 0 Å². The van der Waals surface area contributed by atoms with Crippen molar-refractivity contribution < 1.29 is 14.3 Å². The van der Waals surface area contributed by atoms with Gasteiger partial charge in [-0.1, -0.05) is 49.6 Å². The van der Waals surface area contributed by atoms with Crippen molar-refractivity contribution in [1.82, 2.24) is 0 Å². The van der Waals surface area contributed by atoms with Crippen LogP contribution in [0.5, 0.6) is 0 Å². The van der Waals surface area contributed by atoms with E-state index in [0.717, 1.165) is 23.3 Å². The number of nitrogens with zero attached hydrogens (tertiary/aromatic N) is 1. The number of anilines is 1. The summed E-state index contributed by atoms with van der Waals surface area (Å²) in [4.78, 5) is 28.8. The van der Waals surface area contributed by atoms with E-state index in [9.17, 15) is 9.59 Å². The van der Waals surface area contributed by atoms with Crippen LogP contribution in [0.1, 0.15) is 69.7 Å². The molecule has 1 heterocycles. The summed E-state index contributed by atoms with van der Waals surface area (Å²) in [5.74, 6) is 0.202. The summed E-state index contributed by atoms with van der Waals surface area (Å²) < 4.78 is 5.31. The first-order valence-electron chi connectivity index (χ1n) is 10.7. The van der Waals surface area contributed by atoms with Crippen LogP contribution in [0, 0.1) is 5.92 Å². The lowest BCUT2D eigenvalue weighted by atomic mass is 9.86. The maximum atomic E-state index is 13.3. The van der Waals surface area contributed by atoms with E-state index >= 15 is 0 Å². The molecule has 0 N–H and O–H groups in total. The van der Waals surface area contributed by atoms with E-state index in [1.807, 2.05) is 55.1 Å². The second-order valence-electron chi connectivity index (χ2n) is 7.98. The first-order valence-corrected chi connectivity index (χ1v) is 11.5. The lowest BCUT2D eigenvalue weighted by molar-refractivity contribution is -0.120. The highest BCUT2D eigenvalue weighted by atomic mass is 32.1. The van der Waals surface area contributed by atoms with Crippen molar-refractivity contribution in [1.29, 1.82) is 0 Å². The lowest BCUT2D eigenvalue weighted by Crippen LogP contribution is -2.38. The van der Waals surface area contributed by atoms with Crippen LogP contribution in [0.25, 0.3) is 10.4 Å². The van der Waals surface area contributed by atoms with Gasteiger partial charge in [0, 0.05) is 17.3 Å². The summed E-state index contributed by atoms with van der Waals surface area (Å²) in [6.45, 7) is 6.13. The van der Waals surface area contributed by atoms with E-state index in [2.05, 4.69) is 0 Å². The van der Waals surface area contributed by atoms with Gasteiger partial charge in [-0.25, -0.2) is 4.79 Å². The average Bonchev–Trinajstić information content (AvgIpc) is 3.14. The van der Waals surface area contributed by atoms with Crippen LogP contribution in [-0.2, 0) is 9.53 Å². The van der Waals surface area contributed by atoms with E-state index in [1.165, 1.54) is 30.6 Å². The molecule has 1 aliphatic carbocycles. The number of carbonyl (C=O) groups is 2. The normalized spacial score (nSPS) is 14.8. The third-order valence-electron chi connectivity index (χ3n) is 5.46. The zero-order valence-electron chi connectivity index (χ0n) is 17.6. The minimum Gasteiger partial charge on any atom is -0.462 e. The van der Waals surface area contributed by atoms with Gasteiger partial charge in [-0.3, -0.25) is 4.79 Å². The standard InChI is InChI=1S/C24H31NO3S/c1-4-28-24(27)20-16-21(19-13-9-6-10-14-19)29-23(20)25(17(2)3)22(26)15-18-11-7-5-8-12-18/h6,9-10,13-14,16-18H,4-5,7-8,11-12,15H2,1-3H3. The molecule has 1 aliphatic rings. The van der Waals surface area contributed by atoms with E-state index in [4.69, 9.17) is 4.74 Å². The van der Waals surface area contributed by atoms with Gasteiger partial charge in [-0.15, -0.1) is 11.3 Å². The molecule has 1 fully saturated rings. The molecule has 3 rings (SSSR count). The minimum absolute atomic E-state index is 0.0264. The van der Waals surface area contributed by atoms with Crippen molar-refractivity contribution in [2.75, 3.05) is 11.5 Å². The summed E-state index contributed by atoms with van der Waals surface area (Å²) in [7, 11) is 0. The maximum Gasteiger partial charge on any atom is 0.341 e. The smallest absolute Gasteiger partial charge is 0.341 e. The predicted molar refractivity (Wildman–Crippen MR) is 120 cm³/mol. The number of rotatable bonds is 7. The van der Waals surface area contributed by atoms with Crippen LogP contribution in [0.3, 0.4) is 0 Å². The van der Waals surface area contributed by atoms with Crippen molar-refractivity contribution in [3.8, 4) is 10.4 Å². The molecule has 0 radical (unpaired) electrons. The number of thiophene rings is 1. The van der Waals surface area contributed by atoms with Gasteiger partial charge in [0.15, 0.2) is 0 Å². The molecule has 5 heteroatoms. The maximum absolute atomic E-state index is 13.3. The molecule has 0 unspecified atom stereocenters. The molecular weight excluding hydrogens is 382 g/mol. The SMILES string of the molecule is CCOC(=O)c1cc(-c2ccccc2)sc1N(C(=O)CC1CCCCC1)C(C)C. The number of hydrogen-bond donors (Lipinski definition) is 0. The first kappa shape index (κ1) is 21.6. The Morgan fingerprint density at radius 2 is 1.83 bits per heavy atom. The topological polar surface area (TPSA) is 46.6 Å². The summed E-state index contributed by atoms with van der Waals surface area (Å²) in [5.41, 5.74) is 1.53. The summed E-state index contributed by atoms with van der Waals surface area (Å²) in [5, 5.41) is 0.707. The number of hydrogen-bond acceptors (Lipinski definition) is 4. The van der Waals surface area contributed by atoms with Crippen LogP contribution in [-0.4, -0.2) is 24.5 Å².